The second kappa shape index (κ2) is 13.6. The SMILES string of the molecule is C=Cc1cccc(C(C(=O)Nc2c(C)cccc2C)N(CCO)C(=O)C(CC(N)=O)NC(=O)OC(C)(C)C)c1. The van der Waals surface area contributed by atoms with Gasteiger partial charge in [-0.05, 0) is 62.9 Å². The quantitative estimate of drug-likeness (QED) is 0.345. The molecule has 0 fully saturated rings. The number of carbonyl (C=O) groups is 4. The molecule has 0 saturated heterocycles. The summed E-state index contributed by atoms with van der Waals surface area (Å²) in [5, 5.41) is 15.2. The topological polar surface area (TPSA) is 151 Å². The average Bonchev–Trinajstić information content (AvgIpc) is 2.84. The van der Waals surface area contributed by atoms with Crippen LogP contribution < -0.4 is 16.4 Å². The molecule has 4 amide bonds. The van der Waals surface area contributed by atoms with Crippen LogP contribution in [0.1, 0.15) is 55.5 Å². The van der Waals surface area contributed by atoms with E-state index in [9.17, 15) is 24.3 Å². The fraction of sp³-hybridized carbons (Fsp3) is 0.379. The Hall–Kier alpha value is -4.18. The number of nitrogens with two attached hydrogens (primary N) is 1. The zero-order chi connectivity index (χ0) is 29.3. The number of nitrogens with zero attached hydrogens (tertiary/aromatic N) is 1. The number of aliphatic hydroxyl groups is 1. The van der Waals surface area contributed by atoms with Crippen molar-refractivity contribution < 1.29 is 29.0 Å². The van der Waals surface area contributed by atoms with Gasteiger partial charge in [0, 0.05) is 12.2 Å². The number of aryl methyl sites for hydroxylation is 2. The molecule has 0 aliphatic rings. The van der Waals surface area contributed by atoms with Gasteiger partial charge in [0.05, 0.1) is 13.0 Å². The molecule has 2 aromatic carbocycles. The molecule has 0 saturated carbocycles. The lowest BCUT2D eigenvalue weighted by Gasteiger charge is -2.34. The highest BCUT2D eigenvalue weighted by atomic mass is 16.6. The number of amides is 4. The van der Waals surface area contributed by atoms with Gasteiger partial charge in [0.25, 0.3) is 5.91 Å². The van der Waals surface area contributed by atoms with Crippen LogP contribution >= 0.6 is 0 Å². The maximum absolute atomic E-state index is 13.9. The molecule has 2 unspecified atom stereocenters. The van der Waals surface area contributed by atoms with Gasteiger partial charge in [0.2, 0.25) is 11.8 Å². The van der Waals surface area contributed by atoms with Crippen molar-refractivity contribution in [3.63, 3.8) is 0 Å². The minimum atomic E-state index is -1.44. The third-order valence-electron chi connectivity index (χ3n) is 5.77. The van der Waals surface area contributed by atoms with Crippen molar-refractivity contribution in [2.75, 3.05) is 18.5 Å². The number of hydrogen-bond donors (Lipinski definition) is 4. The van der Waals surface area contributed by atoms with Gasteiger partial charge in [-0.3, -0.25) is 14.4 Å². The predicted molar refractivity (Wildman–Crippen MR) is 150 cm³/mol. The first-order valence-corrected chi connectivity index (χ1v) is 12.6. The van der Waals surface area contributed by atoms with Gasteiger partial charge >= 0.3 is 6.09 Å². The van der Waals surface area contributed by atoms with E-state index in [-0.39, 0.29) is 6.54 Å². The normalized spacial score (nSPS) is 12.6. The van der Waals surface area contributed by atoms with Gasteiger partial charge in [-0.15, -0.1) is 0 Å². The van der Waals surface area contributed by atoms with E-state index < -0.39 is 54.5 Å². The molecule has 0 aliphatic heterocycles. The van der Waals surface area contributed by atoms with Gasteiger partial charge < -0.3 is 31.1 Å². The zero-order valence-corrected chi connectivity index (χ0v) is 23.1. The largest absolute Gasteiger partial charge is 0.444 e. The Bertz CT molecular complexity index is 1200. The standard InChI is InChI=1S/C29H38N4O6/c1-7-20-12-9-13-21(16-20)25(26(36)32-24-18(2)10-8-11-19(24)3)33(14-15-34)27(37)22(17-23(30)35)31-28(38)39-29(4,5)6/h7-13,16,22,25,34H,1,14-15,17H2,2-6H3,(H2,30,35)(H,31,38)(H,32,36). The summed E-state index contributed by atoms with van der Waals surface area (Å²) in [6.45, 7) is 11.7. The minimum Gasteiger partial charge on any atom is -0.444 e. The van der Waals surface area contributed by atoms with Crippen molar-refractivity contribution in [2.45, 2.75) is 58.7 Å². The molecule has 10 heteroatoms. The summed E-state index contributed by atoms with van der Waals surface area (Å²) in [6.07, 6.45) is 0.122. The van der Waals surface area contributed by atoms with Crippen LogP contribution in [0.3, 0.4) is 0 Å². The average molecular weight is 539 g/mol. The first-order chi connectivity index (χ1) is 18.3. The third kappa shape index (κ3) is 8.96. The van der Waals surface area contributed by atoms with E-state index in [1.54, 1.807) is 51.1 Å². The van der Waals surface area contributed by atoms with E-state index in [0.29, 0.717) is 16.8 Å². The number of nitrogens with one attached hydrogen (secondary N) is 2. The van der Waals surface area contributed by atoms with Crippen molar-refractivity contribution in [3.8, 4) is 0 Å². The number of alkyl carbamates (subject to hydrolysis) is 1. The Morgan fingerprint density at radius 3 is 2.26 bits per heavy atom. The molecule has 2 rings (SSSR count). The van der Waals surface area contributed by atoms with E-state index in [1.165, 1.54) is 0 Å². The maximum Gasteiger partial charge on any atom is 0.408 e. The highest BCUT2D eigenvalue weighted by Gasteiger charge is 2.37. The fourth-order valence-electron chi connectivity index (χ4n) is 4.06. The Morgan fingerprint density at radius 2 is 1.72 bits per heavy atom. The second-order valence-corrected chi connectivity index (χ2v) is 10.2. The summed E-state index contributed by atoms with van der Waals surface area (Å²) in [4.78, 5) is 53.2. The monoisotopic (exact) mass is 538 g/mol. The number of carbonyl (C=O) groups excluding carboxylic acids is 4. The molecule has 0 radical (unpaired) electrons. The highest BCUT2D eigenvalue weighted by Crippen LogP contribution is 2.28. The number of rotatable bonds is 11. The van der Waals surface area contributed by atoms with Crippen LogP contribution in [-0.4, -0.2) is 58.6 Å². The molecule has 2 atom stereocenters. The smallest absolute Gasteiger partial charge is 0.408 e. The van der Waals surface area contributed by atoms with E-state index >= 15 is 0 Å². The summed E-state index contributed by atoms with van der Waals surface area (Å²) in [5.41, 5.74) is 7.89. The van der Waals surface area contributed by atoms with Crippen LogP contribution in [0, 0.1) is 13.8 Å². The van der Waals surface area contributed by atoms with E-state index in [2.05, 4.69) is 17.2 Å². The Kier molecular flexibility index (Phi) is 10.8. The van der Waals surface area contributed by atoms with Gasteiger partial charge in [-0.1, -0.05) is 49.1 Å². The molecule has 0 aliphatic carbocycles. The number of aliphatic hydroxyl groups excluding tert-OH is 1. The van der Waals surface area contributed by atoms with Crippen molar-refractivity contribution in [3.05, 3.63) is 71.3 Å². The third-order valence-corrected chi connectivity index (χ3v) is 5.77. The summed E-state index contributed by atoms with van der Waals surface area (Å²) in [6, 6.07) is 9.75. The molecule has 5 N–H and O–H groups in total. The fourth-order valence-corrected chi connectivity index (χ4v) is 4.06. The van der Waals surface area contributed by atoms with Gasteiger partial charge in [0.15, 0.2) is 0 Å². The first kappa shape index (κ1) is 31.0. The first-order valence-electron chi connectivity index (χ1n) is 12.6. The molecule has 0 heterocycles. The summed E-state index contributed by atoms with van der Waals surface area (Å²) in [7, 11) is 0. The number of anilines is 1. The molecular formula is C29H38N4O6. The van der Waals surface area contributed by atoms with E-state index in [1.807, 2.05) is 32.0 Å². The summed E-state index contributed by atoms with van der Waals surface area (Å²) < 4.78 is 5.26. The van der Waals surface area contributed by atoms with Gasteiger partial charge in [-0.25, -0.2) is 4.79 Å². The summed E-state index contributed by atoms with van der Waals surface area (Å²) in [5.74, 6) is -2.19. The number of benzene rings is 2. The lowest BCUT2D eigenvalue weighted by atomic mass is 9.99. The van der Waals surface area contributed by atoms with Crippen molar-refractivity contribution in [1.29, 1.82) is 0 Å². The molecule has 39 heavy (non-hydrogen) atoms. The number of para-hydroxylation sites is 1. The van der Waals surface area contributed by atoms with Crippen LogP contribution in [-0.2, 0) is 19.1 Å². The van der Waals surface area contributed by atoms with Crippen LogP contribution in [0.25, 0.3) is 6.08 Å². The maximum atomic E-state index is 13.9. The lowest BCUT2D eigenvalue weighted by Crippen LogP contribution is -2.54. The molecule has 210 valence electrons. The van der Waals surface area contributed by atoms with Gasteiger partial charge in [0.1, 0.15) is 17.7 Å². The predicted octanol–water partition coefficient (Wildman–Crippen LogP) is 3.22. The number of primary amides is 1. The van der Waals surface area contributed by atoms with Crippen molar-refractivity contribution >= 4 is 35.6 Å². The number of ether oxygens (including phenoxy) is 1. The molecule has 0 bridgehead atoms. The Balaban J connectivity index is 2.58. The van der Waals surface area contributed by atoms with Crippen molar-refractivity contribution in [1.82, 2.24) is 10.2 Å². The van der Waals surface area contributed by atoms with Crippen LogP contribution in [0.5, 0.6) is 0 Å². The Morgan fingerprint density at radius 1 is 1.10 bits per heavy atom. The van der Waals surface area contributed by atoms with Crippen LogP contribution in [0.15, 0.2) is 49.0 Å². The van der Waals surface area contributed by atoms with Crippen LogP contribution in [0.2, 0.25) is 0 Å². The molecule has 0 aromatic heterocycles. The minimum absolute atomic E-state index is 0.271. The zero-order valence-electron chi connectivity index (χ0n) is 23.1. The Labute approximate surface area is 229 Å². The van der Waals surface area contributed by atoms with Crippen molar-refractivity contribution in [2.24, 2.45) is 5.73 Å². The lowest BCUT2D eigenvalue weighted by molar-refractivity contribution is -0.142. The van der Waals surface area contributed by atoms with Crippen LogP contribution in [0.4, 0.5) is 10.5 Å². The molecule has 2 aromatic rings. The second-order valence-electron chi connectivity index (χ2n) is 10.2. The molecule has 0 spiro atoms. The molecular weight excluding hydrogens is 500 g/mol. The van der Waals surface area contributed by atoms with Gasteiger partial charge in [-0.2, -0.15) is 0 Å². The number of hydrogen-bond acceptors (Lipinski definition) is 6. The molecule has 10 nitrogen and oxygen atoms in total. The van der Waals surface area contributed by atoms with E-state index in [4.69, 9.17) is 10.5 Å². The summed E-state index contributed by atoms with van der Waals surface area (Å²) >= 11 is 0. The highest BCUT2D eigenvalue weighted by molar-refractivity contribution is 6.00. The van der Waals surface area contributed by atoms with E-state index in [0.717, 1.165) is 16.0 Å².